The van der Waals surface area contributed by atoms with Crippen LogP contribution in [0.2, 0.25) is 0 Å². The summed E-state index contributed by atoms with van der Waals surface area (Å²) in [4.78, 5) is -0.615. The van der Waals surface area contributed by atoms with Crippen LogP contribution in [-0.2, 0) is 4.74 Å². The third-order valence-electron chi connectivity index (χ3n) is 5.69. The Bertz CT molecular complexity index is 344. The first kappa shape index (κ1) is 12.1. The summed E-state index contributed by atoms with van der Waals surface area (Å²) in [5.41, 5.74) is 0.603. The van der Waals surface area contributed by atoms with Crippen LogP contribution in [0.15, 0.2) is 0 Å². The molecular formula is C13H21NOS. The minimum atomic E-state index is -0.615. The van der Waals surface area contributed by atoms with E-state index in [2.05, 4.69) is 33.4 Å². The predicted octanol–water partition coefficient (Wildman–Crippen LogP) is 3.59. The van der Waals surface area contributed by atoms with E-state index in [9.17, 15) is 0 Å². The Hall–Kier alpha value is -0.360. The molecule has 0 aliphatic heterocycles. The van der Waals surface area contributed by atoms with Gasteiger partial charge in [0.1, 0.15) is 0 Å². The summed E-state index contributed by atoms with van der Waals surface area (Å²) < 4.78 is 5.19. The second-order valence-corrected chi connectivity index (χ2v) is 7.30. The molecule has 0 N–H and O–H groups in total. The topological polar surface area (TPSA) is 33.0 Å². The van der Waals surface area contributed by atoms with Gasteiger partial charge in [-0.3, -0.25) is 0 Å². The summed E-state index contributed by atoms with van der Waals surface area (Å²) in [6, 6.07) is 0. The smallest absolute Gasteiger partial charge is 0.287 e. The Kier molecular flexibility index (Phi) is 2.51. The largest absolute Gasteiger partial charge is 0.410 e. The monoisotopic (exact) mass is 239 g/mol. The van der Waals surface area contributed by atoms with Crippen LogP contribution >= 0.6 is 12.6 Å². The van der Waals surface area contributed by atoms with Crippen molar-refractivity contribution in [1.82, 2.24) is 0 Å². The highest BCUT2D eigenvalue weighted by atomic mass is 32.1. The lowest BCUT2D eigenvalue weighted by molar-refractivity contribution is -0.00751. The van der Waals surface area contributed by atoms with Gasteiger partial charge >= 0.3 is 0 Å². The van der Waals surface area contributed by atoms with E-state index < -0.39 is 4.93 Å². The third kappa shape index (κ3) is 1.32. The number of hydrogen-bond donors (Lipinski definition) is 1. The molecule has 0 saturated heterocycles. The maximum absolute atomic E-state index is 8.73. The van der Waals surface area contributed by atoms with Gasteiger partial charge in [-0.15, -0.1) is 12.6 Å². The summed E-state index contributed by atoms with van der Waals surface area (Å²) in [6.45, 7) is 9.01. The quantitative estimate of drug-likeness (QED) is 0.454. The molecule has 0 heterocycles. The SMILES string of the molecule is CC(S)(OC#N)C1CC2CCC1(C)C2(C)C. The van der Waals surface area contributed by atoms with E-state index in [4.69, 9.17) is 10.00 Å². The van der Waals surface area contributed by atoms with Crippen molar-refractivity contribution in [1.29, 1.82) is 5.26 Å². The number of ether oxygens (including phenoxy) is 1. The zero-order valence-electron chi connectivity index (χ0n) is 10.6. The molecule has 0 spiro atoms. The molecule has 4 atom stereocenters. The molecule has 2 fully saturated rings. The molecular weight excluding hydrogens is 218 g/mol. The van der Waals surface area contributed by atoms with E-state index >= 15 is 0 Å². The molecule has 2 rings (SSSR count). The number of thiol groups is 1. The zero-order chi connectivity index (χ0) is 12.2. The van der Waals surface area contributed by atoms with Crippen molar-refractivity contribution >= 4 is 12.6 Å². The Morgan fingerprint density at radius 2 is 2.06 bits per heavy atom. The van der Waals surface area contributed by atoms with Gasteiger partial charge in [-0.1, -0.05) is 20.8 Å². The summed E-state index contributed by atoms with van der Waals surface area (Å²) in [5.74, 6) is 1.13. The summed E-state index contributed by atoms with van der Waals surface area (Å²) in [7, 11) is 0. The third-order valence-corrected chi connectivity index (χ3v) is 6.10. The molecule has 2 bridgehead atoms. The second-order valence-electron chi connectivity index (χ2n) is 6.41. The fraction of sp³-hybridized carbons (Fsp3) is 0.923. The van der Waals surface area contributed by atoms with Crippen molar-refractivity contribution in [2.45, 2.75) is 51.9 Å². The van der Waals surface area contributed by atoms with Crippen molar-refractivity contribution in [2.24, 2.45) is 22.7 Å². The van der Waals surface area contributed by atoms with Crippen LogP contribution in [0.3, 0.4) is 0 Å². The molecule has 0 aromatic rings. The maximum atomic E-state index is 8.73. The average Bonchev–Trinajstić information content (AvgIpc) is 2.48. The minimum Gasteiger partial charge on any atom is -0.410 e. The average molecular weight is 239 g/mol. The van der Waals surface area contributed by atoms with Gasteiger partial charge in [0.2, 0.25) is 0 Å². The molecule has 0 aromatic carbocycles. The van der Waals surface area contributed by atoms with E-state index in [-0.39, 0.29) is 5.41 Å². The number of hydrogen-bond acceptors (Lipinski definition) is 3. The number of nitrogens with zero attached hydrogens (tertiary/aromatic N) is 1. The van der Waals surface area contributed by atoms with Crippen LogP contribution < -0.4 is 0 Å². The van der Waals surface area contributed by atoms with Gasteiger partial charge in [0, 0.05) is 5.92 Å². The molecule has 2 aliphatic carbocycles. The lowest BCUT2D eigenvalue weighted by atomic mass is 9.65. The van der Waals surface area contributed by atoms with Crippen molar-refractivity contribution in [3.05, 3.63) is 0 Å². The first-order chi connectivity index (χ1) is 7.25. The Balaban J connectivity index is 2.32. The van der Waals surface area contributed by atoms with E-state index in [0.717, 1.165) is 12.3 Å². The molecule has 0 radical (unpaired) electrons. The molecule has 16 heavy (non-hydrogen) atoms. The van der Waals surface area contributed by atoms with E-state index in [1.54, 1.807) is 0 Å². The number of rotatable bonds is 2. The fourth-order valence-corrected chi connectivity index (χ4v) is 4.61. The summed E-state index contributed by atoms with van der Waals surface area (Å²) in [5, 5.41) is 8.73. The molecule has 0 aromatic heterocycles. The van der Waals surface area contributed by atoms with Crippen molar-refractivity contribution < 1.29 is 4.74 Å². The van der Waals surface area contributed by atoms with Gasteiger partial charge in [-0.05, 0) is 42.9 Å². The Morgan fingerprint density at radius 3 is 2.44 bits per heavy atom. The van der Waals surface area contributed by atoms with Crippen LogP contribution in [-0.4, -0.2) is 4.93 Å². The molecule has 2 nitrogen and oxygen atoms in total. The molecule has 90 valence electrons. The zero-order valence-corrected chi connectivity index (χ0v) is 11.5. The maximum Gasteiger partial charge on any atom is 0.287 e. The molecule has 3 heteroatoms. The molecule has 4 unspecified atom stereocenters. The fourth-order valence-electron chi connectivity index (χ4n) is 4.18. The van der Waals surface area contributed by atoms with Crippen LogP contribution in [0.1, 0.15) is 47.0 Å². The van der Waals surface area contributed by atoms with Crippen molar-refractivity contribution in [2.75, 3.05) is 0 Å². The highest BCUT2D eigenvalue weighted by Crippen LogP contribution is 2.70. The van der Waals surface area contributed by atoms with Crippen LogP contribution in [0.5, 0.6) is 0 Å². The molecule has 0 amide bonds. The lowest BCUT2D eigenvalue weighted by Crippen LogP contribution is -2.43. The van der Waals surface area contributed by atoms with Gasteiger partial charge in [-0.25, -0.2) is 0 Å². The molecule has 2 saturated carbocycles. The molecule has 2 aliphatic rings. The van der Waals surface area contributed by atoms with Crippen molar-refractivity contribution in [3.8, 4) is 6.26 Å². The lowest BCUT2D eigenvalue weighted by Gasteiger charge is -2.44. The Labute approximate surface area is 104 Å². The van der Waals surface area contributed by atoms with Crippen LogP contribution in [0.4, 0.5) is 0 Å². The predicted molar refractivity (Wildman–Crippen MR) is 66.8 cm³/mol. The van der Waals surface area contributed by atoms with Gasteiger partial charge < -0.3 is 4.74 Å². The van der Waals surface area contributed by atoms with E-state index in [1.165, 1.54) is 12.8 Å². The standard InChI is InChI=1S/C13H21NOS/c1-11(2)9-5-6-12(11,3)10(7-9)13(4,16)15-8-14/h9-10,16H,5-7H2,1-4H3. The summed E-state index contributed by atoms with van der Waals surface area (Å²) in [6.07, 6.45) is 5.51. The highest BCUT2D eigenvalue weighted by molar-refractivity contribution is 7.81. The first-order valence-electron chi connectivity index (χ1n) is 6.05. The summed E-state index contributed by atoms with van der Waals surface area (Å²) >= 11 is 4.58. The van der Waals surface area contributed by atoms with Gasteiger partial charge in [0.25, 0.3) is 6.26 Å². The minimum absolute atomic E-state index is 0.255. The van der Waals surface area contributed by atoms with E-state index in [0.29, 0.717) is 11.3 Å². The number of fused-ring (bicyclic) bond motifs is 2. The van der Waals surface area contributed by atoms with Gasteiger partial charge in [-0.2, -0.15) is 5.26 Å². The first-order valence-corrected chi connectivity index (χ1v) is 6.50. The normalized spacial score (nSPS) is 43.8. The van der Waals surface area contributed by atoms with Crippen molar-refractivity contribution in [3.63, 3.8) is 0 Å². The van der Waals surface area contributed by atoms with Gasteiger partial charge in [0.05, 0.1) is 0 Å². The Morgan fingerprint density at radius 1 is 1.44 bits per heavy atom. The van der Waals surface area contributed by atoms with Gasteiger partial charge in [0.15, 0.2) is 4.93 Å². The van der Waals surface area contributed by atoms with E-state index in [1.807, 2.05) is 13.2 Å². The van der Waals surface area contributed by atoms with Crippen LogP contribution in [0.25, 0.3) is 0 Å². The highest BCUT2D eigenvalue weighted by Gasteiger charge is 2.65. The van der Waals surface area contributed by atoms with Crippen LogP contribution in [0, 0.1) is 34.2 Å². The number of nitriles is 1. The second kappa shape index (κ2) is 3.32.